The lowest BCUT2D eigenvalue weighted by atomic mass is 10.2. The molecular weight excluding hydrogens is 316 g/mol. The van der Waals surface area contributed by atoms with Crippen LogP contribution in [0.25, 0.3) is 0 Å². The lowest BCUT2D eigenvalue weighted by Gasteiger charge is -2.15. The van der Waals surface area contributed by atoms with E-state index < -0.39 is 0 Å². The summed E-state index contributed by atoms with van der Waals surface area (Å²) in [4.78, 5) is 16.6. The number of benzene rings is 1. The first-order valence-corrected chi connectivity index (χ1v) is 8.89. The summed E-state index contributed by atoms with van der Waals surface area (Å²) in [5.41, 5.74) is 2.06. The predicted octanol–water partition coefficient (Wildman–Crippen LogP) is 2.79. The van der Waals surface area contributed by atoms with Crippen molar-refractivity contribution in [2.75, 3.05) is 6.61 Å². The number of urea groups is 1. The quantitative estimate of drug-likeness (QED) is 0.848. The Kier molecular flexibility index (Phi) is 5.58. The second-order valence-corrected chi connectivity index (χ2v) is 6.65. The Balaban J connectivity index is 1.40. The SMILES string of the molecule is Cc1cccc(OC[C@@H](C)NC(=O)NCc2cn3c(n2)CCCC3)c1. The Labute approximate surface area is 148 Å². The first-order valence-electron chi connectivity index (χ1n) is 8.89. The van der Waals surface area contributed by atoms with Crippen molar-refractivity contribution >= 4 is 6.03 Å². The number of aromatic nitrogens is 2. The van der Waals surface area contributed by atoms with Gasteiger partial charge in [-0.15, -0.1) is 0 Å². The van der Waals surface area contributed by atoms with E-state index in [1.54, 1.807) is 0 Å². The third kappa shape index (κ3) is 4.98. The molecule has 1 aromatic heterocycles. The zero-order valence-corrected chi connectivity index (χ0v) is 14.9. The molecule has 2 amide bonds. The molecule has 0 saturated heterocycles. The summed E-state index contributed by atoms with van der Waals surface area (Å²) >= 11 is 0. The summed E-state index contributed by atoms with van der Waals surface area (Å²) in [6, 6.07) is 7.59. The monoisotopic (exact) mass is 342 g/mol. The molecule has 134 valence electrons. The van der Waals surface area contributed by atoms with Crippen molar-refractivity contribution in [2.45, 2.75) is 52.2 Å². The van der Waals surface area contributed by atoms with Crippen LogP contribution in [0.15, 0.2) is 30.5 Å². The van der Waals surface area contributed by atoms with Gasteiger partial charge in [0.1, 0.15) is 18.2 Å². The van der Waals surface area contributed by atoms with Crippen LogP contribution in [0.2, 0.25) is 0 Å². The van der Waals surface area contributed by atoms with Gasteiger partial charge in [0.15, 0.2) is 0 Å². The lowest BCUT2D eigenvalue weighted by Crippen LogP contribution is -2.43. The number of carbonyl (C=O) groups excluding carboxylic acids is 1. The number of nitrogens with zero attached hydrogens (tertiary/aromatic N) is 2. The molecule has 1 aliphatic heterocycles. The molecule has 6 heteroatoms. The van der Waals surface area contributed by atoms with Gasteiger partial charge in [0, 0.05) is 19.2 Å². The lowest BCUT2D eigenvalue weighted by molar-refractivity contribution is 0.226. The highest BCUT2D eigenvalue weighted by molar-refractivity contribution is 5.74. The molecule has 0 spiro atoms. The Morgan fingerprint density at radius 2 is 2.28 bits per heavy atom. The number of hydrogen-bond donors (Lipinski definition) is 2. The first-order chi connectivity index (χ1) is 12.1. The highest BCUT2D eigenvalue weighted by Gasteiger charge is 2.13. The minimum Gasteiger partial charge on any atom is -0.491 e. The van der Waals surface area contributed by atoms with Gasteiger partial charge < -0.3 is 19.9 Å². The normalized spacial score (nSPS) is 14.5. The highest BCUT2D eigenvalue weighted by Crippen LogP contribution is 2.14. The molecule has 0 bridgehead atoms. The molecule has 1 aromatic carbocycles. The minimum atomic E-state index is -0.202. The van der Waals surface area contributed by atoms with Gasteiger partial charge in [-0.25, -0.2) is 9.78 Å². The predicted molar refractivity (Wildman–Crippen MR) is 96.7 cm³/mol. The second-order valence-electron chi connectivity index (χ2n) is 6.65. The van der Waals surface area contributed by atoms with Crippen molar-refractivity contribution in [2.24, 2.45) is 0 Å². The molecule has 0 aliphatic carbocycles. The van der Waals surface area contributed by atoms with Gasteiger partial charge in [-0.1, -0.05) is 12.1 Å². The molecule has 1 aliphatic rings. The van der Waals surface area contributed by atoms with E-state index in [-0.39, 0.29) is 12.1 Å². The van der Waals surface area contributed by atoms with Gasteiger partial charge >= 0.3 is 6.03 Å². The number of hydrogen-bond acceptors (Lipinski definition) is 3. The van der Waals surface area contributed by atoms with Crippen molar-refractivity contribution in [3.05, 3.63) is 47.5 Å². The van der Waals surface area contributed by atoms with E-state index in [4.69, 9.17) is 4.74 Å². The van der Waals surface area contributed by atoms with Crippen LogP contribution >= 0.6 is 0 Å². The highest BCUT2D eigenvalue weighted by atomic mass is 16.5. The third-order valence-corrected chi connectivity index (χ3v) is 4.26. The van der Waals surface area contributed by atoms with Gasteiger partial charge in [-0.2, -0.15) is 0 Å². The summed E-state index contributed by atoms with van der Waals surface area (Å²) in [5.74, 6) is 1.95. The summed E-state index contributed by atoms with van der Waals surface area (Å²) < 4.78 is 7.90. The maximum Gasteiger partial charge on any atom is 0.315 e. The molecule has 25 heavy (non-hydrogen) atoms. The zero-order chi connectivity index (χ0) is 17.6. The number of aryl methyl sites for hydroxylation is 3. The van der Waals surface area contributed by atoms with Gasteiger partial charge in [-0.05, 0) is 44.4 Å². The third-order valence-electron chi connectivity index (χ3n) is 4.26. The van der Waals surface area contributed by atoms with Crippen LogP contribution in [0.3, 0.4) is 0 Å². The molecule has 2 heterocycles. The molecule has 0 radical (unpaired) electrons. The fourth-order valence-electron chi connectivity index (χ4n) is 2.97. The van der Waals surface area contributed by atoms with Gasteiger partial charge in [0.2, 0.25) is 0 Å². The van der Waals surface area contributed by atoms with Crippen LogP contribution in [-0.4, -0.2) is 28.2 Å². The van der Waals surface area contributed by atoms with Crippen LogP contribution in [0.4, 0.5) is 4.79 Å². The summed E-state index contributed by atoms with van der Waals surface area (Å²) in [6.45, 7) is 5.84. The second kappa shape index (κ2) is 8.05. The minimum absolute atomic E-state index is 0.0873. The molecular formula is C19H26N4O2. The molecule has 0 fully saturated rings. The molecule has 6 nitrogen and oxygen atoms in total. The van der Waals surface area contributed by atoms with Crippen LogP contribution in [0.1, 0.15) is 36.8 Å². The van der Waals surface area contributed by atoms with E-state index in [2.05, 4.69) is 20.2 Å². The Bertz CT molecular complexity index is 702. The standard InChI is InChI=1S/C19H26N4O2/c1-14-6-5-7-17(10-14)25-13-15(2)21-19(24)20-11-16-12-23-9-4-3-8-18(23)22-16/h5-7,10,12,15H,3-4,8-9,11,13H2,1-2H3,(H2,20,21,24)/t15-/m1/s1. The fourth-order valence-corrected chi connectivity index (χ4v) is 2.97. The van der Waals surface area contributed by atoms with E-state index in [0.29, 0.717) is 13.2 Å². The van der Waals surface area contributed by atoms with Crippen molar-refractivity contribution in [3.8, 4) is 5.75 Å². The van der Waals surface area contributed by atoms with Gasteiger partial charge in [-0.3, -0.25) is 0 Å². The van der Waals surface area contributed by atoms with E-state index in [0.717, 1.165) is 35.8 Å². The Morgan fingerprint density at radius 1 is 1.40 bits per heavy atom. The average molecular weight is 342 g/mol. The smallest absolute Gasteiger partial charge is 0.315 e. The van der Waals surface area contributed by atoms with Crippen molar-refractivity contribution in [3.63, 3.8) is 0 Å². The molecule has 0 saturated carbocycles. The number of amides is 2. The number of fused-ring (bicyclic) bond motifs is 1. The summed E-state index contributed by atoms with van der Waals surface area (Å²) in [6.07, 6.45) is 5.47. The Hall–Kier alpha value is -2.50. The molecule has 3 rings (SSSR count). The van der Waals surface area contributed by atoms with E-state index in [1.807, 2.05) is 44.3 Å². The van der Waals surface area contributed by atoms with E-state index in [9.17, 15) is 4.79 Å². The first kappa shape index (κ1) is 17.3. The number of carbonyl (C=O) groups is 1. The van der Waals surface area contributed by atoms with Crippen LogP contribution in [-0.2, 0) is 19.5 Å². The fraction of sp³-hybridized carbons (Fsp3) is 0.474. The topological polar surface area (TPSA) is 68.2 Å². The molecule has 2 aromatic rings. The van der Waals surface area contributed by atoms with Crippen molar-refractivity contribution in [1.29, 1.82) is 0 Å². The number of rotatable bonds is 6. The number of nitrogens with one attached hydrogen (secondary N) is 2. The zero-order valence-electron chi connectivity index (χ0n) is 14.9. The molecule has 0 unspecified atom stereocenters. The maximum absolute atomic E-state index is 12.0. The van der Waals surface area contributed by atoms with Crippen molar-refractivity contribution < 1.29 is 9.53 Å². The maximum atomic E-state index is 12.0. The van der Waals surface area contributed by atoms with Crippen LogP contribution < -0.4 is 15.4 Å². The Morgan fingerprint density at radius 3 is 3.08 bits per heavy atom. The van der Waals surface area contributed by atoms with Crippen molar-refractivity contribution in [1.82, 2.24) is 20.2 Å². The number of imidazole rings is 1. The number of ether oxygens (including phenoxy) is 1. The summed E-state index contributed by atoms with van der Waals surface area (Å²) in [5, 5.41) is 5.75. The average Bonchev–Trinajstić information content (AvgIpc) is 3.01. The van der Waals surface area contributed by atoms with Crippen LogP contribution in [0.5, 0.6) is 5.75 Å². The van der Waals surface area contributed by atoms with Crippen LogP contribution in [0, 0.1) is 6.92 Å². The van der Waals surface area contributed by atoms with E-state index >= 15 is 0 Å². The van der Waals surface area contributed by atoms with Gasteiger partial charge in [0.25, 0.3) is 0 Å². The molecule has 1 atom stereocenters. The van der Waals surface area contributed by atoms with Gasteiger partial charge in [0.05, 0.1) is 18.3 Å². The summed E-state index contributed by atoms with van der Waals surface area (Å²) in [7, 11) is 0. The van der Waals surface area contributed by atoms with E-state index in [1.165, 1.54) is 12.8 Å². The molecule has 2 N–H and O–H groups in total. The largest absolute Gasteiger partial charge is 0.491 e.